The molecule has 2 aromatic rings. The third kappa shape index (κ3) is 2.47. The average Bonchev–Trinajstić information content (AvgIpc) is 2.90. The molecule has 0 aliphatic carbocycles. The van der Waals surface area contributed by atoms with E-state index in [0.29, 0.717) is 24.1 Å². The fourth-order valence-electron chi connectivity index (χ4n) is 2.98. The van der Waals surface area contributed by atoms with Crippen LogP contribution in [0.1, 0.15) is 34.3 Å². The fraction of sp³-hybridized carbons (Fsp3) is 0.412. The van der Waals surface area contributed by atoms with Crippen LogP contribution in [-0.2, 0) is 4.79 Å². The van der Waals surface area contributed by atoms with E-state index in [4.69, 9.17) is 9.52 Å². The zero-order valence-corrected chi connectivity index (χ0v) is 12.8. The molecule has 2 heterocycles. The molecule has 0 spiro atoms. The first-order valence-corrected chi connectivity index (χ1v) is 7.48. The standard InChI is InChI=1S/C17H19NO4/c1-10-6-13-14(9-22-15(13)7-11(10)2)16(19)18-5-3-4-12(8-18)17(20)21/h6-7,9,12H,3-5,8H2,1-2H3,(H,20,21). The molecular weight excluding hydrogens is 282 g/mol. The van der Waals surface area contributed by atoms with Gasteiger partial charge in [-0.05, 0) is 49.9 Å². The fourth-order valence-corrected chi connectivity index (χ4v) is 2.98. The van der Waals surface area contributed by atoms with E-state index in [1.807, 2.05) is 26.0 Å². The molecule has 1 amide bonds. The molecule has 1 aromatic heterocycles. The third-order valence-corrected chi connectivity index (χ3v) is 4.48. The van der Waals surface area contributed by atoms with Crippen molar-refractivity contribution in [1.82, 2.24) is 4.90 Å². The lowest BCUT2D eigenvalue weighted by Crippen LogP contribution is -2.42. The SMILES string of the molecule is Cc1cc2occ(C(=O)N3CCCC(C(=O)O)C3)c2cc1C. The van der Waals surface area contributed by atoms with E-state index in [2.05, 4.69) is 0 Å². The van der Waals surface area contributed by atoms with Gasteiger partial charge in [-0.2, -0.15) is 0 Å². The summed E-state index contributed by atoms with van der Waals surface area (Å²) in [6, 6.07) is 3.89. The lowest BCUT2D eigenvalue weighted by atomic mass is 9.97. The number of benzene rings is 1. The van der Waals surface area contributed by atoms with Crippen molar-refractivity contribution < 1.29 is 19.1 Å². The quantitative estimate of drug-likeness (QED) is 0.925. The molecule has 5 heteroatoms. The molecule has 116 valence electrons. The normalized spacial score (nSPS) is 18.6. The van der Waals surface area contributed by atoms with E-state index in [1.165, 1.54) is 6.26 Å². The van der Waals surface area contributed by atoms with Crippen molar-refractivity contribution in [3.63, 3.8) is 0 Å². The number of hydrogen-bond acceptors (Lipinski definition) is 3. The van der Waals surface area contributed by atoms with Crippen LogP contribution in [-0.4, -0.2) is 35.0 Å². The van der Waals surface area contributed by atoms with Gasteiger partial charge in [-0.15, -0.1) is 0 Å². The van der Waals surface area contributed by atoms with Gasteiger partial charge in [0.25, 0.3) is 5.91 Å². The van der Waals surface area contributed by atoms with Gasteiger partial charge in [0.15, 0.2) is 0 Å². The molecule has 0 radical (unpaired) electrons. The predicted molar refractivity (Wildman–Crippen MR) is 82.0 cm³/mol. The Morgan fingerprint density at radius 1 is 1.27 bits per heavy atom. The summed E-state index contributed by atoms with van der Waals surface area (Å²) in [7, 11) is 0. The number of hydrogen-bond donors (Lipinski definition) is 1. The number of fused-ring (bicyclic) bond motifs is 1. The van der Waals surface area contributed by atoms with E-state index in [-0.39, 0.29) is 12.5 Å². The first kappa shape index (κ1) is 14.6. The van der Waals surface area contributed by atoms with Crippen molar-refractivity contribution in [3.8, 4) is 0 Å². The highest BCUT2D eigenvalue weighted by Crippen LogP contribution is 2.27. The number of furan rings is 1. The summed E-state index contributed by atoms with van der Waals surface area (Å²) in [6.45, 7) is 4.87. The molecule has 1 aromatic carbocycles. The van der Waals surface area contributed by atoms with Crippen LogP contribution in [0.15, 0.2) is 22.8 Å². The maximum Gasteiger partial charge on any atom is 0.308 e. The van der Waals surface area contributed by atoms with E-state index < -0.39 is 11.9 Å². The number of aliphatic carboxylic acids is 1. The average molecular weight is 301 g/mol. The maximum atomic E-state index is 12.7. The van der Waals surface area contributed by atoms with Crippen molar-refractivity contribution in [1.29, 1.82) is 0 Å². The van der Waals surface area contributed by atoms with E-state index in [0.717, 1.165) is 22.9 Å². The van der Waals surface area contributed by atoms with Gasteiger partial charge in [-0.25, -0.2) is 0 Å². The van der Waals surface area contributed by atoms with Gasteiger partial charge < -0.3 is 14.4 Å². The minimum absolute atomic E-state index is 0.145. The Balaban J connectivity index is 1.92. The second kappa shape index (κ2) is 5.48. The van der Waals surface area contributed by atoms with Gasteiger partial charge >= 0.3 is 5.97 Å². The number of nitrogens with zero attached hydrogens (tertiary/aromatic N) is 1. The van der Waals surface area contributed by atoms with Crippen molar-refractivity contribution in [3.05, 3.63) is 35.1 Å². The first-order chi connectivity index (χ1) is 10.5. The van der Waals surface area contributed by atoms with Crippen molar-refractivity contribution >= 4 is 22.8 Å². The number of carboxylic acids is 1. The number of rotatable bonds is 2. The zero-order chi connectivity index (χ0) is 15.9. The summed E-state index contributed by atoms with van der Waals surface area (Å²) in [6.07, 6.45) is 2.83. The van der Waals surface area contributed by atoms with Crippen LogP contribution in [0.25, 0.3) is 11.0 Å². The summed E-state index contributed by atoms with van der Waals surface area (Å²) >= 11 is 0. The Morgan fingerprint density at radius 2 is 2.00 bits per heavy atom. The molecule has 1 aliphatic rings. The number of aryl methyl sites for hydroxylation is 2. The molecule has 22 heavy (non-hydrogen) atoms. The number of carboxylic acid groups (broad SMARTS) is 1. The van der Waals surface area contributed by atoms with E-state index >= 15 is 0 Å². The van der Waals surface area contributed by atoms with E-state index in [9.17, 15) is 9.59 Å². The second-order valence-corrected chi connectivity index (χ2v) is 6.01. The van der Waals surface area contributed by atoms with Crippen LogP contribution >= 0.6 is 0 Å². The Bertz CT molecular complexity index is 746. The number of carbonyl (C=O) groups is 2. The molecule has 3 rings (SSSR count). The van der Waals surface area contributed by atoms with Gasteiger partial charge in [0.2, 0.25) is 0 Å². The van der Waals surface area contributed by atoms with Crippen LogP contribution in [0, 0.1) is 19.8 Å². The summed E-state index contributed by atoms with van der Waals surface area (Å²) in [5.74, 6) is -1.45. The third-order valence-electron chi connectivity index (χ3n) is 4.48. The molecular formula is C17H19NO4. The van der Waals surface area contributed by atoms with Crippen LogP contribution in [0.5, 0.6) is 0 Å². The molecule has 5 nitrogen and oxygen atoms in total. The highest BCUT2D eigenvalue weighted by Gasteiger charge is 2.30. The van der Waals surface area contributed by atoms with Gasteiger partial charge in [-0.3, -0.25) is 9.59 Å². The number of amides is 1. The molecule has 0 bridgehead atoms. The van der Waals surface area contributed by atoms with Gasteiger partial charge in [-0.1, -0.05) is 0 Å². The second-order valence-electron chi connectivity index (χ2n) is 6.01. The number of likely N-dealkylation sites (tertiary alicyclic amines) is 1. The zero-order valence-electron chi connectivity index (χ0n) is 12.8. The van der Waals surface area contributed by atoms with Crippen molar-refractivity contribution in [2.24, 2.45) is 5.92 Å². The van der Waals surface area contributed by atoms with Gasteiger partial charge in [0.1, 0.15) is 11.8 Å². The molecule has 1 atom stereocenters. The van der Waals surface area contributed by atoms with Crippen LogP contribution in [0.3, 0.4) is 0 Å². The maximum absolute atomic E-state index is 12.7. The molecule has 1 aliphatic heterocycles. The van der Waals surface area contributed by atoms with Gasteiger partial charge in [0, 0.05) is 18.5 Å². The van der Waals surface area contributed by atoms with E-state index in [1.54, 1.807) is 4.90 Å². The Labute approximate surface area is 128 Å². The number of carbonyl (C=O) groups excluding carboxylic acids is 1. The predicted octanol–water partition coefficient (Wildman–Crippen LogP) is 2.99. The van der Waals surface area contributed by atoms with Crippen molar-refractivity contribution in [2.45, 2.75) is 26.7 Å². The van der Waals surface area contributed by atoms with Crippen LogP contribution in [0.4, 0.5) is 0 Å². The monoisotopic (exact) mass is 301 g/mol. The highest BCUT2D eigenvalue weighted by molar-refractivity contribution is 6.06. The summed E-state index contributed by atoms with van der Waals surface area (Å²) < 4.78 is 5.51. The Kier molecular flexibility index (Phi) is 3.64. The summed E-state index contributed by atoms with van der Waals surface area (Å²) in [5, 5.41) is 9.95. The number of piperidine rings is 1. The van der Waals surface area contributed by atoms with Crippen LogP contribution < -0.4 is 0 Å². The summed E-state index contributed by atoms with van der Waals surface area (Å²) in [5.41, 5.74) is 3.43. The Hall–Kier alpha value is -2.30. The molecule has 0 saturated carbocycles. The summed E-state index contributed by atoms with van der Waals surface area (Å²) in [4.78, 5) is 25.5. The minimum Gasteiger partial charge on any atom is -0.481 e. The lowest BCUT2D eigenvalue weighted by molar-refractivity contribution is -0.143. The van der Waals surface area contributed by atoms with Gasteiger partial charge in [0.05, 0.1) is 11.5 Å². The molecule has 1 fully saturated rings. The minimum atomic E-state index is -0.832. The largest absolute Gasteiger partial charge is 0.481 e. The highest BCUT2D eigenvalue weighted by atomic mass is 16.4. The van der Waals surface area contributed by atoms with Crippen LogP contribution in [0.2, 0.25) is 0 Å². The smallest absolute Gasteiger partial charge is 0.308 e. The molecule has 1 saturated heterocycles. The first-order valence-electron chi connectivity index (χ1n) is 7.48. The topological polar surface area (TPSA) is 70.8 Å². The molecule has 1 unspecified atom stereocenters. The Morgan fingerprint density at radius 3 is 2.73 bits per heavy atom. The van der Waals surface area contributed by atoms with Crippen molar-refractivity contribution in [2.75, 3.05) is 13.1 Å². The molecule has 1 N–H and O–H groups in total. The lowest BCUT2D eigenvalue weighted by Gasteiger charge is -2.30.